The fraction of sp³-hybridized carbons (Fsp3) is 0.143. The summed E-state index contributed by atoms with van der Waals surface area (Å²) in [6, 6.07) is 8.70. The minimum atomic E-state index is -0.736. The van der Waals surface area contributed by atoms with Crippen LogP contribution in [0, 0.1) is 11.3 Å². The molecule has 0 spiro atoms. The zero-order valence-electron chi connectivity index (χ0n) is 10.4. The molecular formula is C14H12ClNO3. The minimum Gasteiger partial charge on any atom is -0.497 e. The Morgan fingerprint density at radius 3 is 2.58 bits per heavy atom. The van der Waals surface area contributed by atoms with Crippen molar-refractivity contribution in [1.82, 2.24) is 0 Å². The van der Waals surface area contributed by atoms with Crippen molar-refractivity contribution in [2.45, 2.75) is 0 Å². The molecule has 0 saturated carbocycles. The number of rotatable bonds is 5. The molecule has 19 heavy (non-hydrogen) atoms. The standard InChI is InChI=1S/C14H12ClNO3/c1-10(15)9-19-14(17)12(8-16)7-11-3-5-13(18-2)6-4-11/h3-7H,1,9H2,2H3/b12-7+. The molecule has 0 fully saturated rings. The van der Waals surface area contributed by atoms with E-state index in [2.05, 4.69) is 6.58 Å². The van der Waals surface area contributed by atoms with E-state index in [0.717, 1.165) is 0 Å². The number of methoxy groups -OCH3 is 1. The largest absolute Gasteiger partial charge is 0.497 e. The SMILES string of the molecule is C=C(Cl)COC(=O)/C(C#N)=C/c1ccc(OC)cc1. The van der Waals surface area contributed by atoms with Gasteiger partial charge in [-0.05, 0) is 23.8 Å². The second-order valence-corrected chi connectivity index (χ2v) is 4.07. The highest BCUT2D eigenvalue weighted by Crippen LogP contribution is 2.14. The highest BCUT2D eigenvalue weighted by atomic mass is 35.5. The molecule has 5 heteroatoms. The van der Waals surface area contributed by atoms with E-state index in [0.29, 0.717) is 11.3 Å². The van der Waals surface area contributed by atoms with Crippen molar-refractivity contribution in [3.05, 3.63) is 47.0 Å². The number of halogens is 1. The normalized spacial score (nSPS) is 10.5. The first kappa shape index (κ1) is 14.8. The van der Waals surface area contributed by atoms with E-state index in [1.165, 1.54) is 6.08 Å². The van der Waals surface area contributed by atoms with Crippen LogP contribution >= 0.6 is 11.6 Å². The first-order valence-electron chi connectivity index (χ1n) is 5.33. The number of hydrogen-bond acceptors (Lipinski definition) is 4. The van der Waals surface area contributed by atoms with Gasteiger partial charge in [0.2, 0.25) is 0 Å². The summed E-state index contributed by atoms with van der Waals surface area (Å²) in [6.07, 6.45) is 1.43. The number of nitrogens with zero attached hydrogens (tertiary/aromatic N) is 1. The van der Waals surface area contributed by atoms with Gasteiger partial charge in [-0.2, -0.15) is 5.26 Å². The molecule has 0 aliphatic heterocycles. The summed E-state index contributed by atoms with van der Waals surface area (Å²) in [5, 5.41) is 9.11. The van der Waals surface area contributed by atoms with Crippen molar-refractivity contribution < 1.29 is 14.3 Å². The molecule has 1 aromatic carbocycles. The van der Waals surface area contributed by atoms with Crippen molar-refractivity contribution >= 4 is 23.6 Å². The van der Waals surface area contributed by atoms with E-state index in [9.17, 15) is 4.79 Å². The Balaban J connectivity index is 2.83. The quantitative estimate of drug-likeness (QED) is 0.472. The molecule has 0 unspecified atom stereocenters. The highest BCUT2D eigenvalue weighted by Gasteiger charge is 2.10. The van der Waals surface area contributed by atoms with E-state index in [4.69, 9.17) is 26.3 Å². The number of benzene rings is 1. The molecule has 1 rings (SSSR count). The van der Waals surface area contributed by atoms with Crippen molar-refractivity contribution in [1.29, 1.82) is 5.26 Å². The summed E-state index contributed by atoms with van der Waals surface area (Å²) in [6.45, 7) is 3.26. The molecular weight excluding hydrogens is 266 g/mol. The van der Waals surface area contributed by atoms with Crippen molar-refractivity contribution in [3.63, 3.8) is 0 Å². The van der Waals surface area contributed by atoms with Crippen LogP contribution in [0.15, 0.2) is 41.4 Å². The third-order valence-corrected chi connectivity index (χ3v) is 2.24. The zero-order chi connectivity index (χ0) is 14.3. The third kappa shape index (κ3) is 4.86. The summed E-state index contributed by atoms with van der Waals surface area (Å²) in [5.74, 6) is -0.0446. The maximum atomic E-state index is 11.6. The van der Waals surface area contributed by atoms with E-state index < -0.39 is 5.97 Å². The van der Waals surface area contributed by atoms with Gasteiger partial charge in [0.15, 0.2) is 0 Å². The maximum Gasteiger partial charge on any atom is 0.349 e. The summed E-state index contributed by atoms with van der Waals surface area (Å²) >= 11 is 5.48. The van der Waals surface area contributed by atoms with Crippen LogP contribution in [0.5, 0.6) is 5.75 Å². The van der Waals surface area contributed by atoms with Crippen LogP contribution in [-0.4, -0.2) is 19.7 Å². The Morgan fingerprint density at radius 2 is 2.11 bits per heavy atom. The summed E-state index contributed by atoms with van der Waals surface area (Å²) in [5.41, 5.74) is 0.585. The molecule has 4 nitrogen and oxygen atoms in total. The molecule has 0 radical (unpaired) electrons. The molecule has 0 heterocycles. The molecule has 0 atom stereocenters. The van der Waals surface area contributed by atoms with Gasteiger partial charge in [-0.3, -0.25) is 0 Å². The third-order valence-electron chi connectivity index (χ3n) is 2.13. The molecule has 0 N–H and O–H groups in total. The number of carbonyl (C=O) groups is 1. The fourth-order valence-electron chi connectivity index (χ4n) is 1.23. The predicted molar refractivity (Wildman–Crippen MR) is 72.5 cm³/mol. The van der Waals surface area contributed by atoms with E-state index in [-0.39, 0.29) is 17.2 Å². The second kappa shape index (κ2) is 7.24. The Labute approximate surface area is 116 Å². The predicted octanol–water partition coefficient (Wildman–Crippen LogP) is 2.90. The topological polar surface area (TPSA) is 59.3 Å². The van der Waals surface area contributed by atoms with Crippen molar-refractivity contribution in [2.75, 3.05) is 13.7 Å². The van der Waals surface area contributed by atoms with Crippen LogP contribution < -0.4 is 4.74 Å². The lowest BCUT2D eigenvalue weighted by atomic mass is 10.1. The molecule has 1 aromatic rings. The summed E-state index contributed by atoms with van der Waals surface area (Å²) in [7, 11) is 1.56. The molecule has 0 aliphatic rings. The molecule has 0 aliphatic carbocycles. The first-order valence-corrected chi connectivity index (χ1v) is 5.71. The van der Waals surface area contributed by atoms with Gasteiger partial charge in [0.25, 0.3) is 0 Å². The minimum absolute atomic E-state index is 0.108. The lowest BCUT2D eigenvalue weighted by molar-refractivity contribution is -0.137. The average Bonchev–Trinajstić information content (AvgIpc) is 2.42. The maximum absolute atomic E-state index is 11.6. The lowest BCUT2D eigenvalue weighted by Gasteiger charge is -2.02. The van der Waals surface area contributed by atoms with Crippen LogP contribution in [0.2, 0.25) is 0 Å². The first-order chi connectivity index (χ1) is 9.06. The van der Waals surface area contributed by atoms with Gasteiger partial charge in [0.1, 0.15) is 24.0 Å². The van der Waals surface area contributed by atoms with Gasteiger partial charge in [-0.1, -0.05) is 30.3 Å². The van der Waals surface area contributed by atoms with Gasteiger partial charge >= 0.3 is 5.97 Å². The number of ether oxygens (including phenoxy) is 2. The lowest BCUT2D eigenvalue weighted by Crippen LogP contribution is -2.07. The Bertz CT molecular complexity index is 541. The number of esters is 1. The van der Waals surface area contributed by atoms with Gasteiger partial charge in [0.05, 0.1) is 7.11 Å². The van der Waals surface area contributed by atoms with E-state index in [1.807, 2.05) is 0 Å². The summed E-state index contributed by atoms with van der Waals surface area (Å²) in [4.78, 5) is 11.6. The van der Waals surface area contributed by atoms with Gasteiger partial charge < -0.3 is 9.47 Å². The van der Waals surface area contributed by atoms with E-state index >= 15 is 0 Å². The van der Waals surface area contributed by atoms with Crippen LogP contribution in [0.3, 0.4) is 0 Å². The Hall–Kier alpha value is -2.25. The van der Waals surface area contributed by atoms with Gasteiger partial charge in [-0.25, -0.2) is 4.79 Å². The highest BCUT2D eigenvalue weighted by molar-refractivity contribution is 6.29. The number of carbonyl (C=O) groups excluding carboxylic acids is 1. The van der Waals surface area contributed by atoms with Gasteiger partial charge in [-0.15, -0.1) is 0 Å². The average molecular weight is 278 g/mol. The number of nitriles is 1. The van der Waals surface area contributed by atoms with Gasteiger partial charge in [0, 0.05) is 5.03 Å². The molecule has 0 saturated heterocycles. The van der Waals surface area contributed by atoms with Crippen LogP contribution in [0.4, 0.5) is 0 Å². The van der Waals surface area contributed by atoms with Crippen molar-refractivity contribution in [2.24, 2.45) is 0 Å². The molecule has 0 bridgehead atoms. The summed E-state index contributed by atoms with van der Waals surface area (Å²) < 4.78 is 9.80. The van der Waals surface area contributed by atoms with E-state index in [1.54, 1.807) is 37.4 Å². The molecule has 0 aromatic heterocycles. The monoisotopic (exact) mass is 277 g/mol. The van der Waals surface area contributed by atoms with Crippen LogP contribution in [0.1, 0.15) is 5.56 Å². The van der Waals surface area contributed by atoms with Crippen molar-refractivity contribution in [3.8, 4) is 11.8 Å². The second-order valence-electron chi connectivity index (χ2n) is 3.54. The smallest absolute Gasteiger partial charge is 0.349 e. The van der Waals surface area contributed by atoms with Crippen LogP contribution in [0.25, 0.3) is 6.08 Å². The number of hydrogen-bond donors (Lipinski definition) is 0. The molecule has 98 valence electrons. The molecule has 0 amide bonds. The zero-order valence-corrected chi connectivity index (χ0v) is 11.1. The Morgan fingerprint density at radius 1 is 1.47 bits per heavy atom. The van der Waals surface area contributed by atoms with Crippen LogP contribution in [-0.2, 0) is 9.53 Å². The Kier molecular flexibility index (Phi) is 5.65. The fourth-order valence-corrected chi connectivity index (χ4v) is 1.28.